The number of piperidine rings is 1. The minimum Gasteiger partial charge on any atom is -0.332 e. The van der Waals surface area contributed by atoms with Crippen molar-refractivity contribution in [1.82, 2.24) is 14.8 Å². The highest BCUT2D eigenvalue weighted by Crippen LogP contribution is 2.32. The van der Waals surface area contributed by atoms with Crippen LogP contribution in [0, 0.1) is 6.92 Å². The number of aryl methyl sites for hydroxylation is 1. The van der Waals surface area contributed by atoms with Gasteiger partial charge in [0.2, 0.25) is 0 Å². The van der Waals surface area contributed by atoms with Gasteiger partial charge in [-0.3, -0.25) is 9.78 Å². The smallest absolute Gasteiger partial charge is 0.255 e. The van der Waals surface area contributed by atoms with Crippen molar-refractivity contribution in [2.24, 2.45) is 0 Å². The zero-order valence-corrected chi connectivity index (χ0v) is 15.4. The second-order valence-corrected chi connectivity index (χ2v) is 7.24. The van der Waals surface area contributed by atoms with E-state index in [0.29, 0.717) is 5.56 Å². The fourth-order valence-corrected chi connectivity index (χ4v) is 3.57. The summed E-state index contributed by atoms with van der Waals surface area (Å²) in [5.74, 6) is 0.0956. The fraction of sp³-hybridized carbons (Fsp3) is 0.429. The van der Waals surface area contributed by atoms with Crippen LogP contribution in [0.25, 0.3) is 0 Å². The summed E-state index contributed by atoms with van der Waals surface area (Å²) in [5, 5.41) is 0. The van der Waals surface area contributed by atoms with E-state index in [9.17, 15) is 4.79 Å². The van der Waals surface area contributed by atoms with Crippen LogP contribution in [0.5, 0.6) is 0 Å². The molecule has 25 heavy (non-hydrogen) atoms. The fourth-order valence-electron chi connectivity index (χ4n) is 3.57. The molecule has 4 heteroatoms. The summed E-state index contributed by atoms with van der Waals surface area (Å²) in [4.78, 5) is 21.4. The van der Waals surface area contributed by atoms with E-state index >= 15 is 0 Å². The number of rotatable bonds is 4. The summed E-state index contributed by atoms with van der Waals surface area (Å²) in [6.07, 6.45) is 6.73. The number of hydrogen-bond acceptors (Lipinski definition) is 3. The van der Waals surface area contributed by atoms with Crippen molar-refractivity contribution in [1.29, 1.82) is 0 Å². The molecule has 1 aromatic carbocycles. The lowest BCUT2D eigenvalue weighted by atomic mass is 9.93. The van der Waals surface area contributed by atoms with E-state index < -0.39 is 0 Å². The van der Waals surface area contributed by atoms with Gasteiger partial charge in [0.05, 0.1) is 11.6 Å². The first kappa shape index (κ1) is 17.6. The lowest BCUT2D eigenvalue weighted by Crippen LogP contribution is -2.38. The molecule has 1 aliphatic heterocycles. The van der Waals surface area contributed by atoms with Gasteiger partial charge in [0.25, 0.3) is 5.91 Å². The SMILES string of the molecule is Cc1cncc(C(=O)N2CCCC[C@H]2c2ccc(CN(C)C)cc2)c1. The average Bonchev–Trinajstić information content (AvgIpc) is 2.61. The third-order valence-electron chi connectivity index (χ3n) is 4.75. The van der Waals surface area contributed by atoms with Gasteiger partial charge < -0.3 is 9.80 Å². The Balaban J connectivity index is 1.82. The van der Waals surface area contributed by atoms with Gasteiger partial charge in [0.1, 0.15) is 0 Å². The van der Waals surface area contributed by atoms with Crippen molar-refractivity contribution >= 4 is 5.91 Å². The van der Waals surface area contributed by atoms with Crippen molar-refractivity contribution in [2.45, 2.75) is 38.8 Å². The van der Waals surface area contributed by atoms with Crippen molar-refractivity contribution in [3.63, 3.8) is 0 Å². The van der Waals surface area contributed by atoms with E-state index in [1.54, 1.807) is 12.4 Å². The second-order valence-electron chi connectivity index (χ2n) is 7.24. The van der Waals surface area contributed by atoms with Gasteiger partial charge in [0.15, 0.2) is 0 Å². The quantitative estimate of drug-likeness (QED) is 0.851. The standard InChI is InChI=1S/C21H27N3O/c1-16-12-19(14-22-13-16)21(25)24-11-5-4-6-20(24)18-9-7-17(8-10-18)15-23(2)3/h7-10,12-14,20H,4-6,11,15H2,1-3H3/t20-/m0/s1. The lowest BCUT2D eigenvalue weighted by Gasteiger charge is -2.36. The highest BCUT2D eigenvalue weighted by atomic mass is 16.2. The van der Waals surface area contributed by atoms with Crippen molar-refractivity contribution in [3.8, 4) is 0 Å². The first-order chi connectivity index (χ1) is 12.0. The van der Waals surface area contributed by atoms with Crippen LogP contribution in [0.1, 0.15) is 52.4 Å². The maximum atomic E-state index is 13.0. The molecule has 1 amide bonds. The van der Waals surface area contributed by atoms with E-state index in [4.69, 9.17) is 0 Å². The average molecular weight is 337 g/mol. The van der Waals surface area contributed by atoms with Crippen LogP contribution in [0.15, 0.2) is 42.7 Å². The molecule has 2 aromatic rings. The molecule has 0 saturated carbocycles. The van der Waals surface area contributed by atoms with Crippen LogP contribution in [-0.4, -0.2) is 41.3 Å². The highest BCUT2D eigenvalue weighted by Gasteiger charge is 2.28. The Morgan fingerprint density at radius 2 is 1.96 bits per heavy atom. The molecule has 1 aliphatic rings. The minimum atomic E-state index is 0.0956. The molecule has 3 rings (SSSR count). The van der Waals surface area contributed by atoms with Crippen molar-refractivity contribution in [2.75, 3.05) is 20.6 Å². The van der Waals surface area contributed by atoms with Crippen LogP contribution in [-0.2, 0) is 6.54 Å². The summed E-state index contributed by atoms with van der Waals surface area (Å²) in [7, 11) is 4.15. The molecule has 1 saturated heterocycles. The van der Waals surface area contributed by atoms with Crippen LogP contribution in [0.4, 0.5) is 0 Å². The van der Waals surface area contributed by atoms with E-state index in [0.717, 1.165) is 31.5 Å². The van der Waals surface area contributed by atoms with E-state index in [-0.39, 0.29) is 11.9 Å². The molecular weight excluding hydrogens is 310 g/mol. The number of aromatic nitrogens is 1. The zero-order valence-electron chi connectivity index (χ0n) is 15.4. The molecule has 0 radical (unpaired) electrons. The third kappa shape index (κ3) is 4.26. The molecule has 0 N–H and O–H groups in total. The molecule has 0 spiro atoms. The van der Waals surface area contributed by atoms with Crippen LogP contribution in [0.2, 0.25) is 0 Å². The number of benzene rings is 1. The Morgan fingerprint density at radius 3 is 2.64 bits per heavy atom. The zero-order chi connectivity index (χ0) is 17.8. The van der Waals surface area contributed by atoms with E-state index in [2.05, 4.69) is 48.2 Å². The molecule has 1 fully saturated rings. The molecule has 4 nitrogen and oxygen atoms in total. The summed E-state index contributed by atoms with van der Waals surface area (Å²) in [6, 6.07) is 10.8. The summed E-state index contributed by atoms with van der Waals surface area (Å²) in [5.41, 5.74) is 4.24. The first-order valence-electron chi connectivity index (χ1n) is 9.01. The Bertz CT molecular complexity index is 724. The summed E-state index contributed by atoms with van der Waals surface area (Å²) >= 11 is 0. The topological polar surface area (TPSA) is 36.4 Å². The van der Waals surface area contributed by atoms with Crippen LogP contribution >= 0.6 is 0 Å². The van der Waals surface area contributed by atoms with Crippen LogP contribution < -0.4 is 0 Å². The predicted octanol–water partition coefficient (Wildman–Crippen LogP) is 3.82. The Hall–Kier alpha value is -2.20. The second kappa shape index (κ2) is 7.79. The molecular formula is C21H27N3O. The highest BCUT2D eigenvalue weighted by molar-refractivity contribution is 5.94. The number of carbonyl (C=O) groups excluding carboxylic acids is 1. The number of pyridine rings is 1. The number of likely N-dealkylation sites (tertiary alicyclic amines) is 1. The maximum Gasteiger partial charge on any atom is 0.255 e. The number of carbonyl (C=O) groups is 1. The van der Waals surface area contributed by atoms with Gasteiger partial charge >= 0.3 is 0 Å². The Kier molecular flexibility index (Phi) is 5.49. The van der Waals surface area contributed by atoms with Gasteiger partial charge in [-0.1, -0.05) is 24.3 Å². The Morgan fingerprint density at radius 1 is 1.20 bits per heavy atom. The van der Waals surface area contributed by atoms with E-state index in [1.807, 2.05) is 17.9 Å². The van der Waals surface area contributed by atoms with E-state index in [1.165, 1.54) is 17.5 Å². The first-order valence-corrected chi connectivity index (χ1v) is 9.01. The number of hydrogen-bond donors (Lipinski definition) is 0. The monoisotopic (exact) mass is 337 g/mol. The van der Waals surface area contributed by atoms with Gasteiger partial charge in [-0.2, -0.15) is 0 Å². The molecule has 2 heterocycles. The Labute approximate surface area is 150 Å². The normalized spacial score (nSPS) is 17.8. The molecule has 0 aliphatic carbocycles. The van der Waals surface area contributed by atoms with Gasteiger partial charge in [-0.15, -0.1) is 0 Å². The summed E-state index contributed by atoms with van der Waals surface area (Å²) < 4.78 is 0. The molecule has 0 bridgehead atoms. The van der Waals surface area contributed by atoms with Gasteiger partial charge in [-0.05, 0) is 63.0 Å². The minimum absolute atomic E-state index is 0.0956. The van der Waals surface area contributed by atoms with Crippen molar-refractivity contribution in [3.05, 3.63) is 65.0 Å². The summed E-state index contributed by atoms with van der Waals surface area (Å²) in [6.45, 7) is 3.72. The maximum absolute atomic E-state index is 13.0. The third-order valence-corrected chi connectivity index (χ3v) is 4.75. The largest absolute Gasteiger partial charge is 0.332 e. The molecule has 0 unspecified atom stereocenters. The predicted molar refractivity (Wildman–Crippen MR) is 100 cm³/mol. The number of amides is 1. The molecule has 1 atom stereocenters. The van der Waals surface area contributed by atoms with Gasteiger partial charge in [-0.25, -0.2) is 0 Å². The molecule has 1 aromatic heterocycles. The van der Waals surface area contributed by atoms with Gasteiger partial charge in [0, 0.05) is 25.5 Å². The van der Waals surface area contributed by atoms with Crippen LogP contribution in [0.3, 0.4) is 0 Å². The number of nitrogens with zero attached hydrogens (tertiary/aromatic N) is 3. The molecule has 132 valence electrons. The lowest BCUT2D eigenvalue weighted by molar-refractivity contribution is 0.0611. The van der Waals surface area contributed by atoms with Crippen molar-refractivity contribution < 1.29 is 4.79 Å².